The van der Waals surface area contributed by atoms with Crippen molar-refractivity contribution in [2.24, 2.45) is 0 Å². The summed E-state index contributed by atoms with van der Waals surface area (Å²) in [5.41, 5.74) is 0. The lowest BCUT2D eigenvalue weighted by molar-refractivity contribution is -0.508. The van der Waals surface area contributed by atoms with Gasteiger partial charge in [-0.3, -0.25) is 14.9 Å². The molecule has 1 unspecified atom stereocenters. The molecule has 0 fully saturated rings. The zero-order valence-electron chi connectivity index (χ0n) is 14.6. The number of hydrogen-bond donors (Lipinski definition) is 0. The van der Waals surface area contributed by atoms with Gasteiger partial charge in [0.1, 0.15) is 0 Å². The number of carbonyl (C=O) groups excluding carboxylic acids is 1. The van der Waals surface area contributed by atoms with Crippen molar-refractivity contribution < 1.29 is 9.72 Å². The van der Waals surface area contributed by atoms with Crippen LogP contribution in [0.1, 0.15) is 104 Å². The van der Waals surface area contributed by atoms with Crippen LogP contribution in [0.2, 0.25) is 0 Å². The number of rotatable bonds is 16. The van der Waals surface area contributed by atoms with Crippen molar-refractivity contribution in [1.29, 1.82) is 0 Å². The summed E-state index contributed by atoms with van der Waals surface area (Å²) < 4.78 is 0. The minimum Gasteiger partial charge on any atom is -0.292 e. The average molecular weight is 313 g/mol. The maximum Gasteiger partial charge on any atom is 0.270 e. The van der Waals surface area contributed by atoms with Crippen LogP contribution in [-0.2, 0) is 4.79 Å². The molecule has 0 aliphatic carbocycles. The average Bonchev–Trinajstić information content (AvgIpc) is 2.49. The van der Waals surface area contributed by atoms with Crippen LogP contribution in [0.5, 0.6) is 0 Å². The second kappa shape index (κ2) is 15.0. The van der Waals surface area contributed by atoms with E-state index in [0.29, 0.717) is 12.8 Å². The first-order valence-corrected chi connectivity index (χ1v) is 9.29. The molecule has 4 nitrogen and oxygen atoms in total. The molecule has 130 valence electrons. The van der Waals surface area contributed by atoms with E-state index >= 15 is 0 Å². The molecule has 0 radical (unpaired) electrons. The van der Waals surface area contributed by atoms with Gasteiger partial charge in [0.15, 0.2) is 0 Å². The monoisotopic (exact) mass is 313 g/mol. The highest BCUT2D eigenvalue weighted by molar-refractivity contribution is 5.82. The van der Waals surface area contributed by atoms with Gasteiger partial charge < -0.3 is 0 Å². The summed E-state index contributed by atoms with van der Waals surface area (Å²) >= 11 is 0. The maximum atomic E-state index is 12.0. The van der Waals surface area contributed by atoms with Gasteiger partial charge in [0.2, 0.25) is 5.78 Å². The first-order chi connectivity index (χ1) is 10.6. The van der Waals surface area contributed by atoms with E-state index in [0.717, 1.165) is 38.5 Å². The third-order valence-electron chi connectivity index (χ3n) is 4.23. The summed E-state index contributed by atoms with van der Waals surface area (Å²) in [7, 11) is 0. The van der Waals surface area contributed by atoms with Crippen molar-refractivity contribution in [2.45, 2.75) is 110 Å². The van der Waals surface area contributed by atoms with Gasteiger partial charge in [0, 0.05) is 17.8 Å². The van der Waals surface area contributed by atoms with E-state index in [4.69, 9.17) is 0 Å². The van der Waals surface area contributed by atoms with Gasteiger partial charge in [0.25, 0.3) is 6.04 Å². The van der Waals surface area contributed by atoms with Crippen LogP contribution in [0.25, 0.3) is 0 Å². The molecule has 0 aromatic carbocycles. The maximum absolute atomic E-state index is 12.0. The number of hydrogen-bond acceptors (Lipinski definition) is 3. The summed E-state index contributed by atoms with van der Waals surface area (Å²) in [6.45, 7) is 4.34. The Morgan fingerprint density at radius 1 is 0.818 bits per heavy atom. The van der Waals surface area contributed by atoms with Gasteiger partial charge in [-0.1, -0.05) is 78.1 Å². The normalized spacial score (nSPS) is 12.3. The molecule has 0 bridgehead atoms. The zero-order valence-corrected chi connectivity index (χ0v) is 14.6. The van der Waals surface area contributed by atoms with Crippen LogP contribution in [-0.4, -0.2) is 16.7 Å². The quantitative estimate of drug-likeness (QED) is 0.208. The Morgan fingerprint density at radius 2 is 1.27 bits per heavy atom. The molecule has 0 amide bonds. The van der Waals surface area contributed by atoms with Crippen molar-refractivity contribution in [3.05, 3.63) is 10.1 Å². The van der Waals surface area contributed by atoms with Gasteiger partial charge in [-0.05, 0) is 12.8 Å². The molecule has 4 heteroatoms. The van der Waals surface area contributed by atoms with Crippen LogP contribution in [0.4, 0.5) is 0 Å². The Bertz CT molecular complexity index is 292. The number of carbonyl (C=O) groups is 1. The van der Waals surface area contributed by atoms with Gasteiger partial charge in [0.05, 0.1) is 0 Å². The van der Waals surface area contributed by atoms with E-state index in [1.165, 1.54) is 38.5 Å². The van der Waals surface area contributed by atoms with Gasteiger partial charge >= 0.3 is 0 Å². The third kappa shape index (κ3) is 11.7. The Morgan fingerprint density at radius 3 is 1.77 bits per heavy atom. The minimum atomic E-state index is -0.957. The summed E-state index contributed by atoms with van der Waals surface area (Å²) in [6.07, 6.45) is 14.0. The first kappa shape index (κ1) is 21.1. The molecule has 0 aromatic rings. The summed E-state index contributed by atoms with van der Waals surface area (Å²) in [5, 5.41) is 11.1. The fourth-order valence-corrected chi connectivity index (χ4v) is 2.75. The standard InChI is InChI=1S/C18H35NO3/c1-3-5-7-9-11-13-15-17(19(21)22)18(20)16-14-12-10-8-6-4-2/h17H,3-16H2,1-2H3. The number of Topliss-reactive ketones (excluding diaryl/α,β-unsaturated/α-hetero) is 1. The molecule has 0 saturated carbocycles. The second-order valence-corrected chi connectivity index (χ2v) is 6.34. The Kier molecular flexibility index (Phi) is 14.4. The topological polar surface area (TPSA) is 60.2 Å². The molecule has 0 heterocycles. The number of nitrogens with zero attached hydrogens (tertiary/aromatic N) is 1. The van der Waals surface area contributed by atoms with Gasteiger partial charge in [-0.15, -0.1) is 0 Å². The summed E-state index contributed by atoms with van der Waals surface area (Å²) in [6, 6.07) is -0.957. The Hall–Kier alpha value is -0.930. The molecule has 0 aliphatic rings. The SMILES string of the molecule is CCCCCCCCC(=O)C(CCCCCCCC)[N+](=O)[O-]. The number of ketones is 1. The van der Waals surface area contributed by atoms with Crippen molar-refractivity contribution in [3.8, 4) is 0 Å². The molecule has 1 atom stereocenters. The lowest BCUT2D eigenvalue weighted by Crippen LogP contribution is -2.29. The minimum absolute atomic E-state index is 0.158. The van der Waals surface area contributed by atoms with Crippen LogP contribution in [0.3, 0.4) is 0 Å². The number of nitro groups is 1. The van der Waals surface area contributed by atoms with Crippen molar-refractivity contribution in [1.82, 2.24) is 0 Å². The van der Waals surface area contributed by atoms with Gasteiger partial charge in [-0.2, -0.15) is 0 Å². The van der Waals surface area contributed by atoms with Crippen LogP contribution < -0.4 is 0 Å². The summed E-state index contributed by atoms with van der Waals surface area (Å²) in [4.78, 5) is 22.7. The van der Waals surface area contributed by atoms with Gasteiger partial charge in [-0.25, -0.2) is 0 Å². The Labute approximate surface area is 136 Å². The van der Waals surface area contributed by atoms with Crippen molar-refractivity contribution in [3.63, 3.8) is 0 Å². The highest BCUT2D eigenvalue weighted by atomic mass is 16.6. The largest absolute Gasteiger partial charge is 0.292 e. The highest BCUT2D eigenvalue weighted by Crippen LogP contribution is 2.14. The second-order valence-electron chi connectivity index (χ2n) is 6.34. The van der Waals surface area contributed by atoms with Crippen molar-refractivity contribution in [2.75, 3.05) is 0 Å². The molecular formula is C18H35NO3. The van der Waals surface area contributed by atoms with E-state index in [2.05, 4.69) is 13.8 Å². The molecule has 0 saturated heterocycles. The number of unbranched alkanes of at least 4 members (excludes halogenated alkanes) is 10. The van der Waals surface area contributed by atoms with Crippen LogP contribution in [0.15, 0.2) is 0 Å². The fraction of sp³-hybridized carbons (Fsp3) is 0.944. The lowest BCUT2D eigenvalue weighted by Gasteiger charge is -2.08. The van der Waals surface area contributed by atoms with Crippen LogP contribution in [0, 0.1) is 10.1 Å². The molecule has 0 rings (SSSR count). The lowest BCUT2D eigenvalue weighted by atomic mass is 9.99. The molecule has 0 aliphatic heterocycles. The van der Waals surface area contributed by atoms with E-state index in [9.17, 15) is 14.9 Å². The van der Waals surface area contributed by atoms with E-state index in [1.54, 1.807) is 0 Å². The fourth-order valence-electron chi connectivity index (χ4n) is 2.75. The molecule has 0 spiro atoms. The van der Waals surface area contributed by atoms with Crippen molar-refractivity contribution >= 4 is 5.78 Å². The predicted octanol–water partition coefficient (Wildman–Crippen LogP) is 5.70. The third-order valence-corrected chi connectivity index (χ3v) is 4.23. The summed E-state index contributed by atoms with van der Waals surface area (Å²) in [5.74, 6) is -0.158. The zero-order chi connectivity index (χ0) is 16.6. The smallest absolute Gasteiger partial charge is 0.270 e. The van der Waals surface area contributed by atoms with Crippen LogP contribution >= 0.6 is 0 Å². The first-order valence-electron chi connectivity index (χ1n) is 9.29. The molecule has 22 heavy (non-hydrogen) atoms. The molecule has 0 N–H and O–H groups in total. The van der Waals surface area contributed by atoms with E-state index in [-0.39, 0.29) is 10.7 Å². The predicted molar refractivity (Wildman–Crippen MR) is 91.8 cm³/mol. The molecular weight excluding hydrogens is 278 g/mol. The molecule has 0 aromatic heterocycles. The van der Waals surface area contributed by atoms with E-state index < -0.39 is 6.04 Å². The highest BCUT2D eigenvalue weighted by Gasteiger charge is 2.27. The van der Waals surface area contributed by atoms with E-state index in [1.807, 2.05) is 0 Å². The Balaban J connectivity index is 3.80.